The summed E-state index contributed by atoms with van der Waals surface area (Å²) in [7, 11) is 1.86. The van der Waals surface area contributed by atoms with Crippen molar-refractivity contribution in [2.24, 2.45) is 0 Å². The van der Waals surface area contributed by atoms with Crippen LogP contribution in [0.25, 0.3) is 0 Å². The first kappa shape index (κ1) is 13.6. The van der Waals surface area contributed by atoms with Crippen molar-refractivity contribution in [3.8, 4) is 6.07 Å². The number of hydrogen-bond acceptors (Lipinski definition) is 4. The molecule has 0 bridgehead atoms. The largest absolute Gasteiger partial charge is 0.367 e. The highest BCUT2D eigenvalue weighted by Crippen LogP contribution is 2.21. The quantitative estimate of drug-likeness (QED) is 0.726. The molecule has 1 rings (SSSR count). The fourth-order valence-corrected chi connectivity index (χ4v) is 2.13. The number of carbonyl (C=O) groups excluding carboxylic acids is 1. The molecule has 0 aliphatic carbocycles. The Morgan fingerprint density at radius 3 is 2.59 bits per heavy atom. The van der Waals surface area contributed by atoms with Crippen LogP contribution < -0.4 is 4.90 Å². The third kappa shape index (κ3) is 4.49. The maximum absolute atomic E-state index is 11.3. The van der Waals surface area contributed by atoms with Crippen LogP contribution in [0.1, 0.15) is 13.3 Å². The lowest BCUT2D eigenvalue weighted by atomic mass is 10.2. The average Bonchev–Trinajstić information content (AvgIpc) is 2.30. The van der Waals surface area contributed by atoms with Gasteiger partial charge in [0, 0.05) is 17.6 Å². The van der Waals surface area contributed by atoms with Crippen molar-refractivity contribution in [3.63, 3.8) is 0 Å². The first-order valence-corrected chi connectivity index (χ1v) is 6.48. The summed E-state index contributed by atoms with van der Waals surface area (Å²) in [5.41, 5.74) is 0.997. The molecular formula is C13H16N2OS. The summed E-state index contributed by atoms with van der Waals surface area (Å²) < 4.78 is 0. The molecule has 0 unspecified atom stereocenters. The van der Waals surface area contributed by atoms with E-state index >= 15 is 0 Å². The molecule has 0 atom stereocenters. The van der Waals surface area contributed by atoms with Gasteiger partial charge in [-0.05, 0) is 30.0 Å². The zero-order valence-corrected chi connectivity index (χ0v) is 11.0. The maximum Gasteiger partial charge on any atom is 0.166 e. The summed E-state index contributed by atoms with van der Waals surface area (Å²) >= 11 is 1.79. The van der Waals surface area contributed by atoms with Crippen LogP contribution in [-0.4, -0.2) is 25.1 Å². The summed E-state index contributed by atoms with van der Waals surface area (Å²) in [5, 5.41) is 8.42. The molecular weight excluding hydrogens is 232 g/mol. The average molecular weight is 248 g/mol. The molecule has 0 saturated carbocycles. The van der Waals surface area contributed by atoms with Crippen molar-refractivity contribution in [1.29, 1.82) is 5.26 Å². The van der Waals surface area contributed by atoms with E-state index in [9.17, 15) is 4.79 Å². The van der Waals surface area contributed by atoms with Crippen LogP contribution in [0.15, 0.2) is 29.2 Å². The third-order valence-electron chi connectivity index (χ3n) is 2.28. The normalized spacial score (nSPS) is 9.71. The van der Waals surface area contributed by atoms with Crippen LogP contribution in [0.2, 0.25) is 0 Å². The first-order valence-electron chi connectivity index (χ1n) is 5.50. The van der Waals surface area contributed by atoms with Crippen LogP contribution >= 0.6 is 11.8 Å². The minimum Gasteiger partial charge on any atom is -0.367 e. The summed E-state index contributed by atoms with van der Waals surface area (Å²) in [4.78, 5) is 14.4. The van der Waals surface area contributed by atoms with Gasteiger partial charge >= 0.3 is 0 Å². The standard InChI is InChI=1S/C13H16N2OS/c1-3-17-13-6-4-11(5-7-13)15(2)10-12(16)8-9-14/h4-7H,3,8,10H2,1-2H3. The van der Waals surface area contributed by atoms with Gasteiger partial charge in [-0.15, -0.1) is 11.8 Å². The smallest absolute Gasteiger partial charge is 0.166 e. The van der Waals surface area contributed by atoms with E-state index < -0.39 is 0 Å². The molecule has 90 valence electrons. The fourth-order valence-electron chi connectivity index (χ4n) is 1.46. The zero-order valence-electron chi connectivity index (χ0n) is 10.1. The molecule has 17 heavy (non-hydrogen) atoms. The zero-order chi connectivity index (χ0) is 12.7. The minimum absolute atomic E-state index is 0.0197. The van der Waals surface area contributed by atoms with E-state index in [1.54, 1.807) is 11.8 Å². The monoisotopic (exact) mass is 248 g/mol. The van der Waals surface area contributed by atoms with E-state index in [2.05, 4.69) is 19.1 Å². The number of thioether (sulfide) groups is 1. The molecule has 0 heterocycles. The number of Topliss-reactive ketones (excluding diaryl/α,β-unsaturated/α-hetero) is 1. The van der Waals surface area contributed by atoms with Gasteiger partial charge in [0.2, 0.25) is 0 Å². The van der Waals surface area contributed by atoms with Gasteiger partial charge in [0.15, 0.2) is 5.78 Å². The second-order valence-electron chi connectivity index (χ2n) is 3.66. The third-order valence-corrected chi connectivity index (χ3v) is 3.17. The molecule has 0 saturated heterocycles. The number of anilines is 1. The van der Waals surface area contributed by atoms with Crippen LogP contribution in [-0.2, 0) is 4.79 Å². The second-order valence-corrected chi connectivity index (χ2v) is 4.99. The van der Waals surface area contributed by atoms with E-state index in [0.29, 0.717) is 0 Å². The summed E-state index contributed by atoms with van der Waals surface area (Å²) in [6.07, 6.45) is -0.0197. The minimum atomic E-state index is -0.0537. The Kier molecular flexibility index (Phi) is 5.58. The molecule has 0 spiro atoms. The molecule has 0 amide bonds. The lowest BCUT2D eigenvalue weighted by molar-refractivity contribution is -0.116. The van der Waals surface area contributed by atoms with E-state index in [0.717, 1.165) is 11.4 Å². The Hall–Kier alpha value is -1.47. The Balaban J connectivity index is 2.60. The lowest BCUT2D eigenvalue weighted by Gasteiger charge is -2.18. The Morgan fingerprint density at radius 1 is 1.41 bits per heavy atom. The van der Waals surface area contributed by atoms with E-state index in [1.165, 1.54) is 4.90 Å². The molecule has 0 N–H and O–H groups in total. The highest BCUT2D eigenvalue weighted by molar-refractivity contribution is 7.99. The van der Waals surface area contributed by atoms with Crippen molar-refractivity contribution in [1.82, 2.24) is 0 Å². The van der Waals surface area contributed by atoms with Crippen molar-refractivity contribution >= 4 is 23.2 Å². The van der Waals surface area contributed by atoms with Gasteiger partial charge in [-0.3, -0.25) is 4.79 Å². The number of ketones is 1. The molecule has 1 aromatic rings. The van der Waals surface area contributed by atoms with Gasteiger partial charge in [-0.2, -0.15) is 5.26 Å². The van der Waals surface area contributed by atoms with E-state index in [4.69, 9.17) is 5.26 Å². The first-order chi connectivity index (χ1) is 8.17. The predicted octanol–water partition coefficient (Wildman–Crippen LogP) is 2.72. The lowest BCUT2D eigenvalue weighted by Crippen LogP contribution is -2.25. The second kappa shape index (κ2) is 6.97. The number of rotatable bonds is 6. The number of nitriles is 1. The molecule has 1 aromatic carbocycles. The number of carbonyl (C=O) groups is 1. The van der Waals surface area contributed by atoms with Gasteiger partial charge in [0.25, 0.3) is 0 Å². The van der Waals surface area contributed by atoms with Crippen molar-refractivity contribution < 1.29 is 4.79 Å². The highest BCUT2D eigenvalue weighted by Gasteiger charge is 2.06. The van der Waals surface area contributed by atoms with E-state index in [-0.39, 0.29) is 18.7 Å². The number of benzene rings is 1. The highest BCUT2D eigenvalue weighted by atomic mass is 32.2. The van der Waals surface area contributed by atoms with Gasteiger partial charge in [-0.25, -0.2) is 0 Å². The predicted molar refractivity (Wildman–Crippen MR) is 71.3 cm³/mol. The molecule has 4 heteroatoms. The fraction of sp³-hybridized carbons (Fsp3) is 0.385. The summed E-state index contributed by atoms with van der Waals surface area (Å²) in [5.74, 6) is 0.998. The van der Waals surface area contributed by atoms with Gasteiger partial charge in [-0.1, -0.05) is 6.92 Å². The molecule has 0 radical (unpaired) electrons. The van der Waals surface area contributed by atoms with Gasteiger partial charge < -0.3 is 4.90 Å². The van der Waals surface area contributed by atoms with Gasteiger partial charge in [0.1, 0.15) is 0 Å². The van der Waals surface area contributed by atoms with Crippen LogP contribution in [0, 0.1) is 11.3 Å². The van der Waals surface area contributed by atoms with Crippen molar-refractivity contribution in [2.75, 3.05) is 24.2 Å². The van der Waals surface area contributed by atoms with Crippen molar-refractivity contribution in [2.45, 2.75) is 18.2 Å². The summed E-state index contributed by atoms with van der Waals surface area (Å²) in [6.45, 7) is 2.40. The Morgan fingerprint density at radius 2 is 2.06 bits per heavy atom. The van der Waals surface area contributed by atoms with Gasteiger partial charge in [0.05, 0.1) is 19.0 Å². The van der Waals surface area contributed by atoms with Crippen LogP contribution in [0.3, 0.4) is 0 Å². The number of hydrogen-bond donors (Lipinski definition) is 0. The van der Waals surface area contributed by atoms with Crippen LogP contribution in [0.4, 0.5) is 5.69 Å². The molecule has 3 nitrogen and oxygen atoms in total. The molecule has 0 aromatic heterocycles. The summed E-state index contributed by atoms with van der Waals surface area (Å²) in [6, 6.07) is 9.97. The Bertz CT molecular complexity index is 408. The van der Waals surface area contributed by atoms with Crippen LogP contribution in [0.5, 0.6) is 0 Å². The number of likely N-dealkylation sites (N-methyl/N-ethyl adjacent to an activating group) is 1. The molecule has 0 fully saturated rings. The SMILES string of the molecule is CCSc1ccc(N(C)CC(=O)CC#N)cc1. The van der Waals surface area contributed by atoms with E-state index in [1.807, 2.05) is 30.1 Å². The maximum atomic E-state index is 11.3. The Labute approximate surface area is 106 Å². The number of nitrogens with zero attached hydrogens (tertiary/aromatic N) is 2. The molecule has 0 aliphatic rings. The van der Waals surface area contributed by atoms with Crippen molar-refractivity contribution in [3.05, 3.63) is 24.3 Å². The topological polar surface area (TPSA) is 44.1 Å². The molecule has 0 aliphatic heterocycles.